The Morgan fingerprint density at radius 1 is 1.33 bits per heavy atom. The number of hydrogen-bond donors (Lipinski definition) is 2. The molecule has 2 unspecified atom stereocenters. The molecule has 21 heavy (non-hydrogen) atoms. The van der Waals surface area contributed by atoms with Gasteiger partial charge in [0, 0.05) is 5.02 Å². The van der Waals surface area contributed by atoms with Gasteiger partial charge >= 0.3 is 5.97 Å². The summed E-state index contributed by atoms with van der Waals surface area (Å²) in [4.78, 5) is 11.7. The lowest BCUT2D eigenvalue weighted by Gasteiger charge is -2.39. The van der Waals surface area contributed by atoms with E-state index in [1.54, 1.807) is 6.92 Å². The van der Waals surface area contributed by atoms with Crippen LogP contribution in [0.25, 0.3) is 0 Å². The van der Waals surface area contributed by atoms with Crippen molar-refractivity contribution in [2.45, 2.75) is 43.0 Å². The van der Waals surface area contributed by atoms with Crippen molar-refractivity contribution in [1.82, 2.24) is 4.72 Å². The fourth-order valence-electron chi connectivity index (χ4n) is 2.77. The van der Waals surface area contributed by atoms with Crippen LogP contribution in [0.15, 0.2) is 29.2 Å². The number of halogens is 1. The molecule has 0 saturated heterocycles. The summed E-state index contributed by atoms with van der Waals surface area (Å²) < 4.78 is 27.3. The van der Waals surface area contributed by atoms with Crippen molar-refractivity contribution in [3.8, 4) is 0 Å². The monoisotopic (exact) mass is 331 g/mol. The zero-order chi connectivity index (χ0) is 15.7. The van der Waals surface area contributed by atoms with E-state index in [0.717, 1.165) is 6.42 Å². The highest BCUT2D eigenvalue weighted by Crippen LogP contribution is 2.35. The lowest BCUT2D eigenvalue weighted by atomic mass is 9.74. The molecular formula is C14H18ClNO4S. The maximum atomic E-state index is 12.4. The molecule has 0 heterocycles. The van der Waals surface area contributed by atoms with Crippen molar-refractivity contribution in [1.29, 1.82) is 0 Å². The van der Waals surface area contributed by atoms with Crippen molar-refractivity contribution in [3.63, 3.8) is 0 Å². The van der Waals surface area contributed by atoms with E-state index in [1.165, 1.54) is 24.3 Å². The molecule has 5 nitrogen and oxygen atoms in total. The van der Waals surface area contributed by atoms with Gasteiger partial charge in [-0.1, -0.05) is 31.4 Å². The quantitative estimate of drug-likeness (QED) is 0.888. The molecule has 2 rings (SSSR count). The summed E-state index contributed by atoms with van der Waals surface area (Å²) in [6.07, 6.45) is 2.60. The Kier molecular flexibility index (Phi) is 4.60. The van der Waals surface area contributed by atoms with E-state index in [2.05, 4.69) is 4.72 Å². The highest BCUT2D eigenvalue weighted by molar-refractivity contribution is 7.89. The highest BCUT2D eigenvalue weighted by atomic mass is 35.5. The number of nitrogens with one attached hydrogen (secondary N) is 1. The first kappa shape index (κ1) is 16.3. The molecule has 0 radical (unpaired) electrons. The van der Waals surface area contributed by atoms with Crippen LogP contribution < -0.4 is 4.72 Å². The van der Waals surface area contributed by atoms with Crippen molar-refractivity contribution < 1.29 is 18.3 Å². The van der Waals surface area contributed by atoms with Crippen LogP contribution in [0.4, 0.5) is 0 Å². The minimum absolute atomic E-state index is 0.0188. The first-order chi connectivity index (χ1) is 9.78. The van der Waals surface area contributed by atoms with E-state index >= 15 is 0 Å². The Labute approximate surface area is 129 Å². The average molecular weight is 332 g/mol. The van der Waals surface area contributed by atoms with Crippen LogP contribution >= 0.6 is 11.6 Å². The summed E-state index contributed by atoms with van der Waals surface area (Å²) in [6.45, 7) is 1.78. The lowest BCUT2D eigenvalue weighted by Crippen LogP contribution is -2.59. The van der Waals surface area contributed by atoms with Gasteiger partial charge in [-0.2, -0.15) is 4.72 Å². The van der Waals surface area contributed by atoms with Crippen LogP contribution in [0.5, 0.6) is 0 Å². The molecule has 116 valence electrons. The van der Waals surface area contributed by atoms with Gasteiger partial charge < -0.3 is 5.11 Å². The van der Waals surface area contributed by atoms with Gasteiger partial charge in [0.1, 0.15) is 5.54 Å². The van der Waals surface area contributed by atoms with Crippen LogP contribution in [0.2, 0.25) is 5.02 Å². The van der Waals surface area contributed by atoms with E-state index in [-0.39, 0.29) is 10.8 Å². The van der Waals surface area contributed by atoms with Crippen molar-refractivity contribution >= 4 is 27.6 Å². The third-order valence-corrected chi connectivity index (χ3v) is 5.90. The number of carboxylic acid groups (broad SMARTS) is 1. The topological polar surface area (TPSA) is 83.5 Å². The molecule has 1 aliphatic carbocycles. The maximum Gasteiger partial charge on any atom is 0.325 e. The van der Waals surface area contributed by atoms with Crippen LogP contribution in [0, 0.1) is 5.92 Å². The standard InChI is InChI=1S/C14H18ClNO4S/c1-10-4-2-3-9-14(10,13(17)18)16-21(19,20)12-7-5-11(15)6-8-12/h5-8,10,16H,2-4,9H2,1H3,(H,17,18). The second-order valence-electron chi connectivity index (χ2n) is 5.48. The van der Waals surface area contributed by atoms with E-state index in [9.17, 15) is 18.3 Å². The Morgan fingerprint density at radius 2 is 1.95 bits per heavy atom. The normalized spacial score (nSPS) is 26.5. The smallest absolute Gasteiger partial charge is 0.325 e. The number of benzene rings is 1. The molecule has 2 atom stereocenters. The number of aliphatic carboxylic acids is 1. The van der Waals surface area contributed by atoms with E-state index in [4.69, 9.17) is 11.6 Å². The summed E-state index contributed by atoms with van der Waals surface area (Å²) in [5.74, 6) is -1.38. The van der Waals surface area contributed by atoms with Crippen molar-refractivity contribution in [3.05, 3.63) is 29.3 Å². The minimum atomic E-state index is -3.90. The molecule has 0 amide bonds. The predicted molar refractivity (Wildman–Crippen MR) is 79.8 cm³/mol. The lowest BCUT2D eigenvalue weighted by molar-refractivity contribution is -0.147. The zero-order valence-corrected chi connectivity index (χ0v) is 13.2. The van der Waals surface area contributed by atoms with Crippen molar-refractivity contribution in [2.75, 3.05) is 0 Å². The van der Waals surface area contributed by atoms with Crippen LogP contribution in [0.1, 0.15) is 32.6 Å². The fourth-order valence-corrected chi connectivity index (χ4v) is 4.38. The van der Waals surface area contributed by atoms with Gasteiger partial charge in [-0.05, 0) is 43.0 Å². The van der Waals surface area contributed by atoms with Gasteiger partial charge in [0.25, 0.3) is 0 Å². The Morgan fingerprint density at radius 3 is 2.48 bits per heavy atom. The molecule has 1 aliphatic rings. The molecule has 7 heteroatoms. The minimum Gasteiger partial charge on any atom is -0.480 e. The van der Waals surface area contributed by atoms with Gasteiger partial charge in [0.05, 0.1) is 4.90 Å². The van der Waals surface area contributed by atoms with Crippen molar-refractivity contribution in [2.24, 2.45) is 5.92 Å². The maximum absolute atomic E-state index is 12.4. The van der Waals surface area contributed by atoms with E-state index in [1.807, 2.05) is 0 Å². The van der Waals surface area contributed by atoms with Gasteiger partial charge in [-0.3, -0.25) is 4.79 Å². The van der Waals surface area contributed by atoms with Crippen LogP contribution in [0.3, 0.4) is 0 Å². The molecule has 2 N–H and O–H groups in total. The summed E-state index contributed by atoms with van der Waals surface area (Å²) >= 11 is 5.75. The summed E-state index contributed by atoms with van der Waals surface area (Å²) in [5, 5.41) is 9.99. The summed E-state index contributed by atoms with van der Waals surface area (Å²) in [7, 11) is -3.90. The highest BCUT2D eigenvalue weighted by Gasteiger charge is 2.48. The Bertz CT molecular complexity index is 629. The largest absolute Gasteiger partial charge is 0.480 e. The third kappa shape index (κ3) is 3.22. The molecule has 0 aliphatic heterocycles. The molecule has 0 bridgehead atoms. The SMILES string of the molecule is CC1CCCCC1(NS(=O)(=O)c1ccc(Cl)cc1)C(=O)O. The van der Waals surface area contributed by atoms with E-state index in [0.29, 0.717) is 24.3 Å². The molecule has 1 aromatic carbocycles. The zero-order valence-electron chi connectivity index (χ0n) is 11.7. The molecular weight excluding hydrogens is 314 g/mol. The van der Waals surface area contributed by atoms with Crippen LogP contribution in [-0.2, 0) is 14.8 Å². The van der Waals surface area contributed by atoms with Gasteiger partial charge in [-0.15, -0.1) is 0 Å². The molecule has 1 aromatic rings. The number of sulfonamides is 1. The Balaban J connectivity index is 2.36. The number of hydrogen-bond acceptors (Lipinski definition) is 3. The summed E-state index contributed by atoms with van der Waals surface area (Å²) in [5.41, 5.74) is -1.43. The summed E-state index contributed by atoms with van der Waals surface area (Å²) in [6, 6.07) is 5.67. The first-order valence-electron chi connectivity index (χ1n) is 6.81. The van der Waals surface area contributed by atoms with Crippen LogP contribution in [-0.4, -0.2) is 25.0 Å². The second kappa shape index (κ2) is 5.94. The molecule has 1 saturated carbocycles. The average Bonchev–Trinajstić information content (AvgIpc) is 2.41. The predicted octanol–water partition coefficient (Wildman–Crippen LogP) is 2.65. The molecule has 1 fully saturated rings. The molecule has 0 aromatic heterocycles. The second-order valence-corrected chi connectivity index (χ2v) is 7.60. The fraction of sp³-hybridized carbons (Fsp3) is 0.500. The molecule has 0 spiro atoms. The number of carbonyl (C=O) groups is 1. The van der Waals surface area contributed by atoms with E-state index < -0.39 is 21.5 Å². The van der Waals surface area contributed by atoms with Gasteiger partial charge in [-0.25, -0.2) is 8.42 Å². The Hall–Kier alpha value is -1.11. The van der Waals surface area contributed by atoms with Gasteiger partial charge in [0.15, 0.2) is 0 Å². The number of carboxylic acids is 1. The first-order valence-corrected chi connectivity index (χ1v) is 8.67. The van der Waals surface area contributed by atoms with Gasteiger partial charge in [0.2, 0.25) is 10.0 Å². The number of rotatable bonds is 4. The third-order valence-electron chi connectivity index (χ3n) is 4.12.